The van der Waals surface area contributed by atoms with E-state index in [-0.39, 0.29) is 0 Å². The van der Waals surface area contributed by atoms with Gasteiger partial charge in [0, 0.05) is 12.6 Å². The summed E-state index contributed by atoms with van der Waals surface area (Å²) in [5.41, 5.74) is 2.64. The molecule has 0 amide bonds. The van der Waals surface area contributed by atoms with Crippen molar-refractivity contribution in [2.75, 3.05) is 26.2 Å². The molecule has 5 nitrogen and oxygen atoms in total. The van der Waals surface area contributed by atoms with E-state index in [2.05, 4.69) is 34.5 Å². The van der Waals surface area contributed by atoms with Crippen LogP contribution in [-0.2, 0) is 6.54 Å². The van der Waals surface area contributed by atoms with Gasteiger partial charge in [-0.2, -0.15) is 10.5 Å². The Kier molecular flexibility index (Phi) is 7.44. The molecule has 1 fully saturated rings. The number of nitrogens with zero attached hydrogens (tertiary/aromatic N) is 3. The lowest BCUT2D eigenvalue weighted by molar-refractivity contribution is 0.189. The van der Waals surface area contributed by atoms with Crippen molar-refractivity contribution in [3.8, 4) is 17.9 Å². The van der Waals surface area contributed by atoms with Crippen LogP contribution in [-0.4, -0.2) is 37.2 Å². The summed E-state index contributed by atoms with van der Waals surface area (Å²) < 4.78 is 5.72. The zero-order chi connectivity index (χ0) is 19.6. The Labute approximate surface area is 167 Å². The Bertz CT molecular complexity index is 810. The molecule has 3 rings (SSSR count). The predicted octanol–water partition coefficient (Wildman–Crippen LogP) is 3.45. The molecule has 2 aromatic carbocycles. The highest BCUT2D eigenvalue weighted by atomic mass is 16.5. The fourth-order valence-electron chi connectivity index (χ4n) is 3.43. The number of rotatable bonds is 8. The maximum absolute atomic E-state index is 8.88. The Morgan fingerprint density at radius 3 is 2.14 bits per heavy atom. The third-order valence-corrected chi connectivity index (χ3v) is 5.08. The molecule has 0 unspecified atom stereocenters. The number of hydrogen-bond acceptors (Lipinski definition) is 5. The van der Waals surface area contributed by atoms with E-state index in [9.17, 15) is 0 Å². The third-order valence-electron chi connectivity index (χ3n) is 5.08. The lowest BCUT2D eigenvalue weighted by Crippen LogP contribution is -2.42. The van der Waals surface area contributed by atoms with E-state index in [0.29, 0.717) is 18.2 Å². The Morgan fingerprint density at radius 2 is 1.54 bits per heavy atom. The van der Waals surface area contributed by atoms with E-state index < -0.39 is 0 Å². The van der Waals surface area contributed by atoms with Gasteiger partial charge in [-0.05, 0) is 80.9 Å². The maximum atomic E-state index is 8.88. The van der Waals surface area contributed by atoms with Crippen LogP contribution in [0.15, 0.2) is 48.5 Å². The molecule has 0 atom stereocenters. The van der Waals surface area contributed by atoms with Crippen LogP contribution in [0, 0.1) is 22.7 Å². The van der Waals surface area contributed by atoms with Crippen molar-refractivity contribution in [1.29, 1.82) is 10.5 Å². The molecule has 0 radical (unpaired) electrons. The van der Waals surface area contributed by atoms with E-state index in [0.717, 1.165) is 56.8 Å². The molecule has 1 N–H and O–H groups in total. The van der Waals surface area contributed by atoms with Gasteiger partial charge in [0.05, 0.1) is 29.9 Å². The minimum atomic E-state index is 0.576. The summed E-state index contributed by atoms with van der Waals surface area (Å²) in [6, 6.07) is 20.0. The average Bonchev–Trinajstić information content (AvgIpc) is 2.75. The fourth-order valence-corrected chi connectivity index (χ4v) is 3.43. The molecular formula is C23H26N4O. The maximum Gasteiger partial charge on any atom is 0.119 e. The molecule has 2 aromatic rings. The first-order chi connectivity index (χ1) is 13.8. The second-order valence-corrected chi connectivity index (χ2v) is 7.15. The molecule has 0 aromatic heterocycles. The molecule has 0 spiro atoms. The fraction of sp³-hybridized carbons (Fsp3) is 0.391. The molecule has 144 valence electrons. The monoisotopic (exact) mass is 374 g/mol. The molecule has 5 heteroatoms. The molecule has 1 aliphatic rings. The number of piperidine rings is 1. The van der Waals surface area contributed by atoms with Crippen LogP contribution in [0.2, 0.25) is 0 Å². The van der Waals surface area contributed by atoms with Gasteiger partial charge in [-0.3, -0.25) is 4.90 Å². The van der Waals surface area contributed by atoms with Gasteiger partial charge >= 0.3 is 0 Å². The minimum absolute atomic E-state index is 0.576. The smallest absolute Gasteiger partial charge is 0.119 e. The quantitative estimate of drug-likeness (QED) is 0.717. The molecular weight excluding hydrogens is 348 g/mol. The molecule has 0 saturated carbocycles. The normalized spacial score (nSPS) is 14.9. The van der Waals surface area contributed by atoms with Gasteiger partial charge in [-0.15, -0.1) is 0 Å². The second kappa shape index (κ2) is 10.5. The zero-order valence-corrected chi connectivity index (χ0v) is 16.1. The van der Waals surface area contributed by atoms with Gasteiger partial charge in [0.2, 0.25) is 0 Å². The summed E-state index contributed by atoms with van der Waals surface area (Å²) in [4.78, 5) is 2.48. The van der Waals surface area contributed by atoms with Crippen LogP contribution in [0.25, 0.3) is 0 Å². The summed E-state index contributed by atoms with van der Waals surface area (Å²) in [5, 5.41) is 21.3. The summed E-state index contributed by atoms with van der Waals surface area (Å²) in [6.07, 6.45) is 3.28. The highest BCUT2D eigenvalue weighted by Crippen LogP contribution is 2.15. The lowest BCUT2D eigenvalue weighted by atomic mass is 10.0. The van der Waals surface area contributed by atoms with Crippen LogP contribution in [0.4, 0.5) is 0 Å². The highest BCUT2D eigenvalue weighted by molar-refractivity contribution is 5.34. The Morgan fingerprint density at radius 1 is 0.929 bits per heavy atom. The summed E-state index contributed by atoms with van der Waals surface area (Å²) in [6.45, 7) is 4.78. The van der Waals surface area contributed by atoms with Crippen molar-refractivity contribution in [2.45, 2.75) is 31.8 Å². The van der Waals surface area contributed by atoms with Crippen LogP contribution >= 0.6 is 0 Å². The van der Waals surface area contributed by atoms with Crippen molar-refractivity contribution >= 4 is 0 Å². The van der Waals surface area contributed by atoms with Gasteiger partial charge < -0.3 is 10.1 Å². The Balaban J connectivity index is 1.28. The summed E-state index contributed by atoms with van der Waals surface area (Å²) >= 11 is 0. The number of benzene rings is 2. The first kappa shape index (κ1) is 19.9. The Hall–Kier alpha value is -2.86. The highest BCUT2D eigenvalue weighted by Gasteiger charge is 2.18. The first-order valence-electron chi connectivity index (χ1n) is 9.84. The summed E-state index contributed by atoms with van der Waals surface area (Å²) in [7, 11) is 0. The van der Waals surface area contributed by atoms with Gasteiger partial charge in [0.25, 0.3) is 0 Å². The standard InChI is InChI=1S/C23H26N4O/c24-16-19-2-4-21(5-3-19)18-27-13-10-22(11-14-27)26-12-1-15-28-23-8-6-20(17-25)7-9-23/h2-9,22,26H,1,10-15,18H2. The van der Waals surface area contributed by atoms with Crippen molar-refractivity contribution in [3.05, 3.63) is 65.2 Å². The molecule has 1 saturated heterocycles. The van der Waals surface area contributed by atoms with Crippen molar-refractivity contribution in [2.24, 2.45) is 0 Å². The van der Waals surface area contributed by atoms with Crippen LogP contribution in [0.5, 0.6) is 5.75 Å². The van der Waals surface area contributed by atoms with Crippen LogP contribution in [0.3, 0.4) is 0 Å². The van der Waals surface area contributed by atoms with Crippen molar-refractivity contribution in [1.82, 2.24) is 10.2 Å². The van der Waals surface area contributed by atoms with Crippen LogP contribution < -0.4 is 10.1 Å². The first-order valence-corrected chi connectivity index (χ1v) is 9.84. The minimum Gasteiger partial charge on any atom is -0.494 e. The zero-order valence-electron chi connectivity index (χ0n) is 16.1. The van der Waals surface area contributed by atoms with E-state index in [1.807, 2.05) is 24.3 Å². The molecule has 0 bridgehead atoms. The summed E-state index contributed by atoms with van der Waals surface area (Å²) in [5.74, 6) is 0.815. The number of hydrogen-bond donors (Lipinski definition) is 1. The number of ether oxygens (including phenoxy) is 1. The molecule has 0 aliphatic carbocycles. The topological polar surface area (TPSA) is 72.1 Å². The number of nitriles is 2. The van der Waals surface area contributed by atoms with E-state index in [1.54, 1.807) is 12.1 Å². The molecule has 28 heavy (non-hydrogen) atoms. The van der Waals surface area contributed by atoms with Gasteiger partial charge in [-0.1, -0.05) is 12.1 Å². The van der Waals surface area contributed by atoms with Gasteiger partial charge in [0.15, 0.2) is 0 Å². The largest absolute Gasteiger partial charge is 0.494 e. The van der Waals surface area contributed by atoms with Gasteiger partial charge in [0.1, 0.15) is 5.75 Å². The predicted molar refractivity (Wildman–Crippen MR) is 109 cm³/mol. The van der Waals surface area contributed by atoms with E-state index >= 15 is 0 Å². The van der Waals surface area contributed by atoms with Gasteiger partial charge in [-0.25, -0.2) is 0 Å². The number of likely N-dealkylation sites (tertiary alicyclic amines) is 1. The second-order valence-electron chi connectivity index (χ2n) is 7.15. The van der Waals surface area contributed by atoms with Crippen molar-refractivity contribution < 1.29 is 4.74 Å². The average molecular weight is 374 g/mol. The van der Waals surface area contributed by atoms with Crippen molar-refractivity contribution in [3.63, 3.8) is 0 Å². The molecule has 1 aliphatic heterocycles. The van der Waals surface area contributed by atoms with E-state index in [4.69, 9.17) is 15.3 Å². The van der Waals surface area contributed by atoms with E-state index in [1.165, 1.54) is 5.56 Å². The number of nitrogens with one attached hydrogen (secondary N) is 1. The molecule has 1 heterocycles. The third kappa shape index (κ3) is 6.09. The SMILES string of the molecule is N#Cc1ccc(CN2CCC(NCCCOc3ccc(C#N)cc3)CC2)cc1. The van der Waals surface area contributed by atoms with Crippen LogP contribution in [0.1, 0.15) is 36.0 Å². The lowest BCUT2D eigenvalue weighted by Gasteiger charge is -2.32.